The third-order valence-corrected chi connectivity index (χ3v) is 2.69. The van der Waals surface area contributed by atoms with Gasteiger partial charge in [-0.1, -0.05) is 6.42 Å². The van der Waals surface area contributed by atoms with Gasteiger partial charge in [0.15, 0.2) is 0 Å². The van der Waals surface area contributed by atoms with Crippen LogP contribution in [0.25, 0.3) is 0 Å². The summed E-state index contributed by atoms with van der Waals surface area (Å²) in [5.41, 5.74) is -0.448. The highest BCUT2D eigenvalue weighted by atomic mass is 16.6. The number of hydrogen-bond acceptors (Lipinski definition) is 3. The molecule has 1 fully saturated rings. The second-order valence-corrected chi connectivity index (χ2v) is 5.57. The largest absolute Gasteiger partial charge is 0.444 e. The Morgan fingerprint density at radius 2 is 2.12 bits per heavy atom. The number of nitrogens with one attached hydrogen (secondary N) is 1. The van der Waals surface area contributed by atoms with Crippen molar-refractivity contribution >= 4 is 6.09 Å². The normalized spacial score (nSPS) is 26.2. The van der Waals surface area contributed by atoms with E-state index in [1.165, 1.54) is 0 Å². The van der Waals surface area contributed by atoms with Crippen LogP contribution in [0.15, 0.2) is 0 Å². The zero-order chi connectivity index (χ0) is 12.2. The van der Waals surface area contributed by atoms with Crippen LogP contribution in [0.5, 0.6) is 0 Å². The Balaban J connectivity index is 2.21. The molecule has 0 spiro atoms. The molecule has 0 aromatic rings. The minimum Gasteiger partial charge on any atom is -0.444 e. The van der Waals surface area contributed by atoms with Crippen LogP contribution in [0.2, 0.25) is 0 Å². The lowest BCUT2D eigenvalue weighted by molar-refractivity contribution is 0.0492. The van der Waals surface area contributed by atoms with Crippen molar-refractivity contribution in [1.29, 1.82) is 0 Å². The maximum absolute atomic E-state index is 11.4. The zero-order valence-electron chi connectivity index (χ0n) is 10.5. The molecule has 16 heavy (non-hydrogen) atoms. The van der Waals surface area contributed by atoms with Gasteiger partial charge in [-0.25, -0.2) is 4.79 Å². The van der Waals surface area contributed by atoms with Crippen molar-refractivity contribution in [1.82, 2.24) is 5.32 Å². The molecule has 0 unspecified atom stereocenters. The van der Waals surface area contributed by atoms with Gasteiger partial charge in [-0.05, 0) is 46.0 Å². The number of alkyl carbamates (subject to hydrolysis) is 1. The number of aliphatic hydroxyl groups excluding tert-OH is 1. The van der Waals surface area contributed by atoms with E-state index in [1.807, 2.05) is 20.8 Å². The maximum Gasteiger partial charge on any atom is 0.407 e. The van der Waals surface area contributed by atoms with Crippen LogP contribution in [-0.2, 0) is 4.74 Å². The van der Waals surface area contributed by atoms with E-state index < -0.39 is 5.60 Å². The molecule has 1 aliphatic carbocycles. The fraction of sp³-hybridized carbons (Fsp3) is 0.917. The van der Waals surface area contributed by atoms with Crippen LogP contribution in [0.4, 0.5) is 4.79 Å². The van der Waals surface area contributed by atoms with E-state index in [4.69, 9.17) is 4.74 Å². The van der Waals surface area contributed by atoms with Crippen molar-refractivity contribution in [3.8, 4) is 0 Å². The minimum atomic E-state index is -0.448. The summed E-state index contributed by atoms with van der Waals surface area (Å²) in [6.07, 6.45) is 3.24. The van der Waals surface area contributed by atoms with Crippen molar-refractivity contribution < 1.29 is 14.6 Å². The number of amides is 1. The lowest BCUT2D eigenvalue weighted by atomic mass is 9.87. The van der Waals surface area contributed by atoms with Crippen molar-refractivity contribution in [2.75, 3.05) is 6.54 Å². The van der Waals surface area contributed by atoms with Crippen LogP contribution < -0.4 is 5.32 Å². The molecule has 1 amide bonds. The van der Waals surface area contributed by atoms with Gasteiger partial charge in [0.05, 0.1) is 6.10 Å². The third kappa shape index (κ3) is 5.35. The number of aliphatic hydroxyl groups is 1. The van der Waals surface area contributed by atoms with E-state index in [0.717, 1.165) is 25.7 Å². The van der Waals surface area contributed by atoms with Crippen molar-refractivity contribution in [2.24, 2.45) is 5.92 Å². The van der Waals surface area contributed by atoms with Gasteiger partial charge in [0.2, 0.25) is 0 Å². The molecule has 0 aromatic carbocycles. The fourth-order valence-electron chi connectivity index (χ4n) is 1.99. The number of carbonyl (C=O) groups excluding carboxylic acids is 1. The van der Waals surface area contributed by atoms with Gasteiger partial charge in [0.25, 0.3) is 0 Å². The summed E-state index contributed by atoms with van der Waals surface area (Å²) in [4.78, 5) is 11.4. The van der Waals surface area contributed by atoms with Crippen LogP contribution in [0, 0.1) is 5.92 Å². The number of hydrogen-bond donors (Lipinski definition) is 2. The van der Waals surface area contributed by atoms with E-state index in [1.54, 1.807) is 0 Å². The van der Waals surface area contributed by atoms with Crippen LogP contribution in [0.1, 0.15) is 46.5 Å². The number of carbonyl (C=O) groups is 1. The van der Waals surface area contributed by atoms with Gasteiger partial charge in [-0.15, -0.1) is 0 Å². The van der Waals surface area contributed by atoms with Gasteiger partial charge in [-0.3, -0.25) is 0 Å². The highest BCUT2D eigenvalue weighted by molar-refractivity contribution is 5.67. The summed E-state index contributed by atoms with van der Waals surface area (Å²) in [5, 5.41) is 12.2. The Morgan fingerprint density at radius 1 is 1.44 bits per heavy atom. The Bertz CT molecular complexity index is 235. The van der Waals surface area contributed by atoms with Gasteiger partial charge in [-0.2, -0.15) is 0 Å². The molecule has 4 heteroatoms. The molecule has 0 radical (unpaired) electrons. The molecule has 0 heterocycles. The molecule has 94 valence electrons. The van der Waals surface area contributed by atoms with Crippen molar-refractivity contribution in [3.05, 3.63) is 0 Å². The van der Waals surface area contributed by atoms with Gasteiger partial charge in [0.1, 0.15) is 5.60 Å². The molecule has 0 aromatic heterocycles. The SMILES string of the molecule is CC(C)(C)OC(=O)NC[C@H]1CCC[C@H](O)C1. The Kier molecular flexibility index (Phi) is 4.59. The van der Waals surface area contributed by atoms with E-state index in [0.29, 0.717) is 12.5 Å². The molecule has 2 N–H and O–H groups in total. The lowest BCUT2D eigenvalue weighted by Gasteiger charge is -2.26. The van der Waals surface area contributed by atoms with Crippen molar-refractivity contribution in [2.45, 2.75) is 58.2 Å². The average Bonchev–Trinajstić information content (AvgIpc) is 2.12. The first-order valence-electron chi connectivity index (χ1n) is 6.02. The van der Waals surface area contributed by atoms with Crippen molar-refractivity contribution in [3.63, 3.8) is 0 Å². The first-order chi connectivity index (χ1) is 7.37. The maximum atomic E-state index is 11.4. The van der Waals surface area contributed by atoms with Gasteiger partial charge in [0, 0.05) is 6.54 Å². The predicted molar refractivity (Wildman–Crippen MR) is 62.2 cm³/mol. The second-order valence-electron chi connectivity index (χ2n) is 5.57. The quantitative estimate of drug-likeness (QED) is 0.762. The summed E-state index contributed by atoms with van der Waals surface area (Å²) in [6.45, 7) is 6.14. The van der Waals surface area contributed by atoms with E-state index >= 15 is 0 Å². The lowest BCUT2D eigenvalue weighted by Crippen LogP contribution is -2.36. The highest BCUT2D eigenvalue weighted by Gasteiger charge is 2.22. The second kappa shape index (κ2) is 5.53. The first-order valence-corrected chi connectivity index (χ1v) is 6.02. The van der Waals surface area contributed by atoms with Gasteiger partial charge >= 0.3 is 6.09 Å². The molecule has 0 aliphatic heterocycles. The highest BCUT2D eigenvalue weighted by Crippen LogP contribution is 2.23. The summed E-state index contributed by atoms with van der Waals surface area (Å²) in [5.74, 6) is 0.385. The van der Waals surface area contributed by atoms with Crippen LogP contribution >= 0.6 is 0 Å². The Labute approximate surface area is 97.4 Å². The van der Waals surface area contributed by atoms with E-state index in [2.05, 4.69) is 5.32 Å². The molecular weight excluding hydrogens is 206 g/mol. The zero-order valence-corrected chi connectivity index (χ0v) is 10.5. The summed E-state index contributed by atoms with van der Waals surface area (Å²) >= 11 is 0. The van der Waals surface area contributed by atoms with Crippen LogP contribution in [0.3, 0.4) is 0 Å². The molecule has 0 bridgehead atoms. The number of rotatable bonds is 2. The standard InChI is InChI=1S/C12H23NO3/c1-12(2,3)16-11(15)13-8-9-5-4-6-10(14)7-9/h9-10,14H,4-8H2,1-3H3,(H,13,15)/t9-,10-/m0/s1. The minimum absolute atomic E-state index is 0.195. The van der Waals surface area contributed by atoms with E-state index in [-0.39, 0.29) is 12.2 Å². The molecule has 1 aliphatic rings. The summed E-state index contributed by atoms with van der Waals surface area (Å²) in [7, 11) is 0. The first kappa shape index (κ1) is 13.3. The molecule has 4 nitrogen and oxygen atoms in total. The predicted octanol–water partition coefficient (Wildman–Crippen LogP) is 2.06. The monoisotopic (exact) mass is 229 g/mol. The average molecular weight is 229 g/mol. The van der Waals surface area contributed by atoms with Crippen LogP contribution in [-0.4, -0.2) is 29.4 Å². The topological polar surface area (TPSA) is 58.6 Å². The molecular formula is C12H23NO3. The fourth-order valence-corrected chi connectivity index (χ4v) is 1.99. The molecule has 1 saturated carbocycles. The van der Waals surface area contributed by atoms with Gasteiger partial charge < -0.3 is 15.2 Å². The Morgan fingerprint density at radius 3 is 2.69 bits per heavy atom. The molecule has 2 atom stereocenters. The molecule has 0 saturated heterocycles. The summed E-state index contributed by atoms with van der Waals surface area (Å²) < 4.78 is 5.14. The third-order valence-electron chi connectivity index (χ3n) is 2.69. The molecule has 1 rings (SSSR count). The smallest absolute Gasteiger partial charge is 0.407 e. The van der Waals surface area contributed by atoms with E-state index in [9.17, 15) is 9.90 Å². The summed E-state index contributed by atoms with van der Waals surface area (Å²) in [6, 6.07) is 0. The Hall–Kier alpha value is -0.770. The number of ether oxygens (including phenoxy) is 1.